The van der Waals surface area contributed by atoms with Gasteiger partial charge in [0, 0.05) is 36.7 Å². The molecule has 2 aliphatic rings. The zero-order valence-corrected chi connectivity index (χ0v) is 15.5. The third kappa shape index (κ3) is 2.95. The Bertz CT molecular complexity index is 1070. The van der Waals surface area contributed by atoms with Gasteiger partial charge in [0.25, 0.3) is 0 Å². The number of aromatic nitrogens is 3. The van der Waals surface area contributed by atoms with Crippen LogP contribution in [0, 0.1) is 11.3 Å². The van der Waals surface area contributed by atoms with E-state index in [1.807, 2.05) is 36.5 Å². The van der Waals surface area contributed by atoms with Crippen LogP contribution in [0.3, 0.4) is 0 Å². The Morgan fingerprint density at radius 1 is 1.14 bits per heavy atom. The standard InChI is InChI=1S/C22H20N6/c23-12-15-6-7-20-17(11-15)8-10-28(20)21-18-4-1-5-19(18)26-22(27-21)25-14-16-3-2-9-24-13-16/h2-3,6-7,9,11,13H,1,4-5,8,10,14H2,(H,25,26,27). The van der Waals surface area contributed by atoms with Crippen molar-refractivity contribution in [3.8, 4) is 6.07 Å². The molecule has 0 bridgehead atoms. The van der Waals surface area contributed by atoms with Gasteiger partial charge in [0.1, 0.15) is 5.82 Å². The van der Waals surface area contributed by atoms with E-state index in [0.717, 1.165) is 55.0 Å². The number of nitrogens with one attached hydrogen (secondary N) is 1. The summed E-state index contributed by atoms with van der Waals surface area (Å²) in [7, 11) is 0. The van der Waals surface area contributed by atoms with Crippen LogP contribution in [0.4, 0.5) is 17.5 Å². The average molecular weight is 368 g/mol. The number of nitrogens with zero attached hydrogens (tertiary/aromatic N) is 5. The lowest BCUT2D eigenvalue weighted by molar-refractivity contribution is 0.897. The van der Waals surface area contributed by atoms with Gasteiger partial charge in [0.15, 0.2) is 0 Å². The molecule has 1 aliphatic heterocycles. The second kappa shape index (κ2) is 6.93. The number of benzene rings is 1. The largest absolute Gasteiger partial charge is 0.350 e. The first-order chi connectivity index (χ1) is 13.8. The Labute approximate surface area is 163 Å². The molecule has 2 aromatic heterocycles. The molecule has 138 valence electrons. The Morgan fingerprint density at radius 2 is 2.11 bits per heavy atom. The number of hydrogen-bond donors (Lipinski definition) is 1. The maximum atomic E-state index is 9.17. The summed E-state index contributed by atoms with van der Waals surface area (Å²) in [6, 6.07) is 12.1. The summed E-state index contributed by atoms with van der Waals surface area (Å²) in [5, 5.41) is 12.5. The SMILES string of the molecule is N#Cc1ccc2c(c1)CCN2c1nc(NCc2cccnc2)nc2c1CCC2. The summed E-state index contributed by atoms with van der Waals surface area (Å²) in [5.74, 6) is 1.68. The van der Waals surface area contributed by atoms with Gasteiger partial charge in [-0.1, -0.05) is 6.07 Å². The van der Waals surface area contributed by atoms with Crippen LogP contribution in [-0.2, 0) is 25.8 Å². The predicted molar refractivity (Wildman–Crippen MR) is 107 cm³/mol. The Hall–Kier alpha value is -3.46. The highest BCUT2D eigenvalue weighted by atomic mass is 15.2. The molecular weight excluding hydrogens is 348 g/mol. The van der Waals surface area contributed by atoms with Gasteiger partial charge in [-0.2, -0.15) is 10.2 Å². The van der Waals surface area contributed by atoms with E-state index in [4.69, 9.17) is 9.97 Å². The summed E-state index contributed by atoms with van der Waals surface area (Å²) < 4.78 is 0. The summed E-state index contributed by atoms with van der Waals surface area (Å²) in [4.78, 5) is 16.1. The van der Waals surface area contributed by atoms with E-state index in [9.17, 15) is 5.26 Å². The van der Waals surface area contributed by atoms with Gasteiger partial charge < -0.3 is 10.2 Å². The monoisotopic (exact) mass is 368 g/mol. The second-order valence-electron chi connectivity index (χ2n) is 7.22. The summed E-state index contributed by atoms with van der Waals surface area (Å²) >= 11 is 0. The van der Waals surface area contributed by atoms with Crippen LogP contribution >= 0.6 is 0 Å². The van der Waals surface area contributed by atoms with Gasteiger partial charge in [-0.05, 0) is 61.1 Å². The van der Waals surface area contributed by atoms with Crippen molar-refractivity contribution in [1.82, 2.24) is 15.0 Å². The zero-order chi connectivity index (χ0) is 18.9. The topological polar surface area (TPSA) is 77.7 Å². The van der Waals surface area contributed by atoms with Crippen LogP contribution in [-0.4, -0.2) is 21.5 Å². The van der Waals surface area contributed by atoms with E-state index >= 15 is 0 Å². The van der Waals surface area contributed by atoms with E-state index in [1.54, 1.807) is 6.20 Å². The fourth-order valence-electron chi connectivity index (χ4n) is 4.09. The van der Waals surface area contributed by atoms with Crippen molar-refractivity contribution in [2.75, 3.05) is 16.8 Å². The van der Waals surface area contributed by atoms with Crippen molar-refractivity contribution in [3.05, 3.63) is 70.7 Å². The zero-order valence-electron chi connectivity index (χ0n) is 15.5. The third-order valence-electron chi connectivity index (χ3n) is 5.44. The van der Waals surface area contributed by atoms with Crippen LogP contribution in [0.25, 0.3) is 0 Å². The van der Waals surface area contributed by atoms with Gasteiger partial charge in [-0.3, -0.25) is 4.98 Å². The number of rotatable bonds is 4. The fourth-order valence-corrected chi connectivity index (χ4v) is 4.09. The minimum absolute atomic E-state index is 0.647. The maximum absolute atomic E-state index is 9.17. The molecule has 3 aromatic rings. The van der Waals surface area contributed by atoms with Crippen LogP contribution < -0.4 is 10.2 Å². The van der Waals surface area contributed by atoms with E-state index in [2.05, 4.69) is 21.3 Å². The predicted octanol–water partition coefficient (Wildman–Crippen LogP) is 3.54. The molecule has 0 saturated heterocycles. The molecule has 0 amide bonds. The van der Waals surface area contributed by atoms with Crippen LogP contribution in [0.15, 0.2) is 42.7 Å². The Kier molecular flexibility index (Phi) is 4.13. The van der Waals surface area contributed by atoms with E-state index in [1.165, 1.54) is 11.1 Å². The van der Waals surface area contributed by atoms with Crippen molar-refractivity contribution in [2.45, 2.75) is 32.2 Å². The third-order valence-corrected chi connectivity index (χ3v) is 5.44. The summed E-state index contributed by atoms with van der Waals surface area (Å²) in [6.07, 6.45) is 7.70. The number of pyridine rings is 1. The second-order valence-corrected chi connectivity index (χ2v) is 7.22. The molecule has 1 N–H and O–H groups in total. The smallest absolute Gasteiger partial charge is 0.225 e. The molecule has 1 aliphatic carbocycles. The number of fused-ring (bicyclic) bond motifs is 2. The Morgan fingerprint density at radius 3 is 2.96 bits per heavy atom. The number of nitriles is 1. The molecule has 6 heteroatoms. The molecule has 0 spiro atoms. The van der Waals surface area contributed by atoms with E-state index < -0.39 is 0 Å². The normalized spacial score (nSPS) is 14.5. The van der Waals surface area contributed by atoms with Crippen molar-refractivity contribution >= 4 is 17.5 Å². The maximum Gasteiger partial charge on any atom is 0.225 e. The van der Waals surface area contributed by atoms with Crippen LogP contribution in [0.1, 0.15) is 34.4 Å². The molecule has 0 atom stereocenters. The lowest BCUT2D eigenvalue weighted by Crippen LogP contribution is -2.19. The minimum atomic E-state index is 0.647. The first-order valence-corrected chi connectivity index (χ1v) is 9.65. The van der Waals surface area contributed by atoms with Crippen molar-refractivity contribution in [1.29, 1.82) is 5.26 Å². The van der Waals surface area contributed by atoms with E-state index in [-0.39, 0.29) is 0 Å². The highest BCUT2D eigenvalue weighted by Crippen LogP contribution is 2.39. The lowest BCUT2D eigenvalue weighted by Gasteiger charge is -2.22. The highest BCUT2D eigenvalue weighted by molar-refractivity contribution is 5.72. The number of hydrogen-bond acceptors (Lipinski definition) is 6. The van der Waals surface area contributed by atoms with Crippen LogP contribution in [0.2, 0.25) is 0 Å². The van der Waals surface area contributed by atoms with Gasteiger partial charge in [-0.15, -0.1) is 0 Å². The first kappa shape index (κ1) is 16.7. The molecule has 0 radical (unpaired) electrons. The Balaban J connectivity index is 1.49. The fraction of sp³-hybridized carbons (Fsp3) is 0.273. The van der Waals surface area contributed by atoms with Crippen molar-refractivity contribution in [3.63, 3.8) is 0 Å². The van der Waals surface area contributed by atoms with Crippen LogP contribution in [0.5, 0.6) is 0 Å². The van der Waals surface area contributed by atoms with Gasteiger partial charge in [0.05, 0.1) is 17.3 Å². The quantitative estimate of drug-likeness (QED) is 0.759. The van der Waals surface area contributed by atoms with Gasteiger partial charge in [-0.25, -0.2) is 4.98 Å². The molecule has 3 heterocycles. The molecule has 1 aromatic carbocycles. The first-order valence-electron chi connectivity index (χ1n) is 9.65. The highest BCUT2D eigenvalue weighted by Gasteiger charge is 2.28. The number of anilines is 3. The molecule has 0 fully saturated rings. The average Bonchev–Trinajstić information content (AvgIpc) is 3.38. The van der Waals surface area contributed by atoms with Gasteiger partial charge in [0.2, 0.25) is 5.95 Å². The van der Waals surface area contributed by atoms with E-state index in [0.29, 0.717) is 18.1 Å². The number of aryl methyl sites for hydroxylation is 1. The summed E-state index contributed by atoms with van der Waals surface area (Å²) in [5.41, 5.74) is 6.61. The molecule has 0 saturated carbocycles. The lowest BCUT2D eigenvalue weighted by atomic mass is 10.1. The minimum Gasteiger partial charge on any atom is -0.350 e. The molecule has 0 unspecified atom stereocenters. The molecular formula is C22H20N6. The van der Waals surface area contributed by atoms with Crippen molar-refractivity contribution in [2.24, 2.45) is 0 Å². The molecule has 5 rings (SSSR count). The molecule has 28 heavy (non-hydrogen) atoms. The van der Waals surface area contributed by atoms with Gasteiger partial charge >= 0.3 is 0 Å². The van der Waals surface area contributed by atoms with Crippen molar-refractivity contribution < 1.29 is 0 Å². The molecule has 6 nitrogen and oxygen atoms in total. The summed E-state index contributed by atoms with van der Waals surface area (Å²) in [6.45, 7) is 1.53.